The Bertz CT molecular complexity index is 984. The van der Waals surface area contributed by atoms with E-state index in [1.807, 2.05) is 48.5 Å². The van der Waals surface area contributed by atoms with Crippen molar-refractivity contribution in [2.24, 2.45) is 5.73 Å². The number of alkyl carbamates (subject to hydrolysis) is 1. The first kappa shape index (κ1) is 23.3. The van der Waals surface area contributed by atoms with Crippen molar-refractivity contribution in [1.82, 2.24) is 5.32 Å². The molecule has 2 aromatic rings. The minimum Gasteiger partial charge on any atom is -0.478 e. The summed E-state index contributed by atoms with van der Waals surface area (Å²) in [5.74, 6) is -2.26. The van der Waals surface area contributed by atoms with E-state index in [2.05, 4.69) is 5.32 Å². The Kier molecular flexibility index (Phi) is 6.55. The summed E-state index contributed by atoms with van der Waals surface area (Å²) in [6, 6.07) is 15.7. The Labute approximate surface area is 186 Å². The van der Waals surface area contributed by atoms with Gasteiger partial charge in [-0.25, -0.2) is 9.59 Å². The lowest BCUT2D eigenvalue weighted by Gasteiger charge is -2.26. The summed E-state index contributed by atoms with van der Waals surface area (Å²) in [5, 5.41) is 11.7. The zero-order valence-corrected chi connectivity index (χ0v) is 18.4. The van der Waals surface area contributed by atoms with E-state index in [1.54, 1.807) is 20.8 Å². The molecule has 8 nitrogen and oxygen atoms in total. The third kappa shape index (κ3) is 5.26. The van der Waals surface area contributed by atoms with Crippen LogP contribution >= 0.6 is 0 Å². The van der Waals surface area contributed by atoms with Crippen molar-refractivity contribution < 1.29 is 29.0 Å². The second-order valence-corrected chi connectivity index (χ2v) is 8.81. The molecule has 0 saturated heterocycles. The number of hydrogen-bond acceptors (Lipinski definition) is 6. The standard InChI is InChI=1S/C24H28N2O6/c1-23(2,3)32-20(27)12-13-24(25,21(28)29)26-22(30)31-14-19-17-10-6-4-8-15(17)16-9-5-7-11-18(16)19/h4-11,19H,12-14,25H2,1-3H3,(H,26,30)(H,28,29)/t24-/m1/s1. The van der Waals surface area contributed by atoms with Crippen molar-refractivity contribution >= 4 is 18.0 Å². The van der Waals surface area contributed by atoms with Crippen molar-refractivity contribution in [3.05, 3.63) is 59.7 Å². The van der Waals surface area contributed by atoms with Crippen LogP contribution in [0.4, 0.5) is 4.79 Å². The number of benzene rings is 2. The zero-order chi connectivity index (χ0) is 23.5. The van der Waals surface area contributed by atoms with Crippen molar-refractivity contribution in [3.63, 3.8) is 0 Å². The first-order chi connectivity index (χ1) is 15.0. The van der Waals surface area contributed by atoms with E-state index in [9.17, 15) is 19.5 Å². The fourth-order valence-corrected chi connectivity index (χ4v) is 3.73. The molecule has 0 aromatic heterocycles. The van der Waals surface area contributed by atoms with E-state index in [0.717, 1.165) is 22.3 Å². The monoisotopic (exact) mass is 440 g/mol. The largest absolute Gasteiger partial charge is 0.478 e. The van der Waals surface area contributed by atoms with Crippen LogP contribution in [0.25, 0.3) is 11.1 Å². The van der Waals surface area contributed by atoms with Gasteiger partial charge in [-0.1, -0.05) is 48.5 Å². The number of ether oxygens (including phenoxy) is 2. The zero-order valence-electron chi connectivity index (χ0n) is 18.4. The summed E-state index contributed by atoms with van der Waals surface area (Å²) in [5.41, 5.74) is 7.21. The van der Waals surface area contributed by atoms with Gasteiger partial charge >= 0.3 is 18.0 Å². The van der Waals surface area contributed by atoms with E-state index >= 15 is 0 Å². The van der Waals surface area contributed by atoms with Crippen LogP contribution < -0.4 is 11.1 Å². The molecular weight excluding hydrogens is 412 g/mol. The van der Waals surface area contributed by atoms with Crippen molar-refractivity contribution in [2.75, 3.05) is 6.61 Å². The lowest BCUT2D eigenvalue weighted by Crippen LogP contribution is -2.62. The molecule has 2 aromatic carbocycles. The molecule has 32 heavy (non-hydrogen) atoms. The van der Waals surface area contributed by atoms with Crippen LogP contribution in [0, 0.1) is 0 Å². The molecule has 0 unspecified atom stereocenters. The SMILES string of the molecule is CC(C)(C)OC(=O)CC[C@@](N)(NC(=O)OCC1c2ccccc2-c2ccccc21)C(=O)O. The highest BCUT2D eigenvalue weighted by Crippen LogP contribution is 2.44. The average molecular weight is 440 g/mol. The molecule has 0 fully saturated rings. The lowest BCUT2D eigenvalue weighted by atomic mass is 9.98. The quantitative estimate of drug-likeness (QED) is 0.445. The predicted octanol–water partition coefficient (Wildman–Crippen LogP) is 3.39. The summed E-state index contributed by atoms with van der Waals surface area (Å²) in [4.78, 5) is 36.1. The van der Waals surface area contributed by atoms with Crippen LogP contribution in [0.3, 0.4) is 0 Å². The number of carboxylic acid groups (broad SMARTS) is 1. The van der Waals surface area contributed by atoms with Gasteiger partial charge in [-0.3, -0.25) is 15.8 Å². The molecule has 1 amide bonds. The number of carbonyl (C=O) groups is 3. The number of esters is 1. The van der Waals surface area contributed by atoms with Crippen LogP contribution in [-0.2, 0) is 19.1 Å². The smallest absolute Gasteiger partial charge is 0.409 e. The first-order valence-corrected chi connectivity index (χ1v) is 10.4. The molecule has 1 atom stereocenters. The fourth-order valence-electron chi connectivity index (χ4n) is 3.73. The number of amides is 1. The highest BCUT2D eigenvalue weighted by molar-refractivity contribution is 5.84. The number of rotatable bonds is 7. The van der Waals surface area contributed by atoms with Gasteiger partial charge in [0.2, 0.25) is 0 Å². The summed E-state index contributed by atoms with van der Waals surface area (Å²) < 4.78 is 10.5. The average Bonchev–Trinajstić information content (AvgIpc) is 3.03. The Morgan fingerprint density at radius 1 is 1.00 bits per heavy atom. The number of hydrogen-bond donors (Lipinski definition) is 3. The number of carboxylic acids is 1. The third-order valence-corrected chi connectivity index (χ3v) is 5.19. The second-order valence-electron chi connectivity index (χ2n) is 8.81. The van der Waals surface area contributed by atoms with Gasteiger partial charge in [0.25, 0.3) is 0 Å². The maximum atomic E-state index is 12.4. The molecular formula is C24H28N2O6. The van der Waals surface area contributed by atoms with E-state index < -0.39 is 29.3 Å². The first-order valence-electron chi connectivity index (χ1n) is 10.4. The van der Waals surface area contributed by atoms with E-state index in [0.29, 0.717) is 0 Å². The summed E-state index contributed by atoms with van der Waals surface area (Å²) >= 11 is 0. The molecule has 0 heterocycles. The van der Waals surface area contributed by atoms with Gasteiger partial charge in [-0.2, -0.15) is 0 Å². The third-order valence-electron chi connectivity index (χ3n) is 5.19. The molecule has 4 N–H and O–H groups in total. The molecule has 8 heteroatoms. The van der Waals surface area contributed by atoms with E-state index in [-0.39, 0.29) is 25.4 Å². The minimum absolute atomic E-state index is 0.0155. The Balaban J connectivity index is 1.64. The van der Waals surface area contributed by atoms with Crippen LogP contribution in [0.15, 0.2) is 48.5 Å². The highest BCUT2D eigenvalue weighted by atomic mass is 16.6. The van der Waals surface area contributed by atoms with Crippen LogP contribution in [0.5, 0.6) is 0 Å². The molecule has 1 aliphatic carbocycles. The lowest BCUT2D eigenvalue weighted by molar-refractivity contribution is -0.156. The van der Waals surface area contributed by atoms with Gasteiger partial charge in [0.15, 0.2) is 5.66 Å². The maximum absolute atomic E-state index is 12.4. The maximum Gasteiger partial charge on any atom is 0.409 e. The molecule has 170 valence electrons. The predicted molar refractivity (Wildman–Crippen MR) is 118 cm³/mol. The van der Waals surface area contributed by atoms with Crippen molar-refractivity contribution in [3.8, 4) is 11.1 Å². The van der Waals surface area contributed by atoms with Crippen molar-refractivity contribution in [2.45, 2.75) is 50.8 Å². The van der Waals surface area contributed by atoms with Crippen LogP contribution in [0.2, 0.25) is 0 Å². The minimum atomic E-state index is -2.17. The summed E-state index contributed by atoms with van der Waals surface area (Å²) in [7, 11) is 0. The van der Waals surface area contributed by atoms with Crippen molar-refractivity contribution in [1.29, 1.82) is 0 Å². The summed E-state index contributed by atoms with van der Waals surface area (Å²) in [6.45, 7) is 5.12. The summed E-state index contributed by atoms with van der Waals surface area (Å²) in [6.07, 6.45) is -1.59. The van der Waals surface area contributed by atoms with Gasteiger partial charge in [-0.15, -0.1) is 0 Å². The van der Waals surface area contributed by atoms with Crippen LogP contribution in [0.1, 0.15) is 50.7 Å². The number of nitrogens with one attached hydrogen (secondary N) is 1. The van der Waals surface area contributed by atoms with E-state index in [4.69, 9.17) is 15.2 Å². The van der Waals surface area contributed by atoms with Gasteiger partial charge in [-0.05, 0) is 43.0 Å². The Morgan fingerprint density at radius 2 is 1.53 bits per heavy atom. The molecule has 0 radical (unpaired) electrons. The Morgan fingerprint density at radius 3 is 2.03 bits per heavy atom. The highest BCUT2D eigenvalue weighted by Gasteiger charge is 2.38. The molecule has 0 saturated carbocycles. The normalized spacial score (nSPS) is 14.6. The number of nitrogens with two attached hydrogens (primary N) is 1. The second kappa shape index (κ2) is 9.00. The Hall–Kier alpha value is -3.39. The molecule has 3 rings (SSSR count). The number of aliphatic carboxylic acids is 1. The van der Waals surface area contributed by atoms with Gasteiger partial charge in [0.1, 0.15) is 12.2 Å². The van der Waals surface area contributed by atoms with E-state index in [1.165, 1.54) is 0 Å². The topological polar surface area (TPSA) is 128 Å². The fraction of sp³-hybridized carbons (Fsp3) is 0.375. The number of fused-ring (bicyclic) bond motifs is 3. The molecule has 1 aliphatic rings. The molecule has 0 aliphatic heterocycles. The van der Waals surface area contributed by atoms with Gasteiger partial charge in [0.05, 0.1) is 0 Å². The van der Waals surface area contributed by atoms with Gasteiger partial charge in [0, 0.05) is 18.8 Å². The van der Waals surface area contributed by atoms with Crippen LogP contribution in [-0.4, -0.2) is 41.0 Å². The molecule has 0 bridgehead atoms. The van der Waals surface area contributed by atoms with Gasteiger partial charge < -0.3 is 14.6 Å². The molecule has 0 spiro atoms. The number of carbonyl (C=O) groups excluding carboxylic acids is 2.